The minimum atomic E-state index is -0.704. The second kappa shape index (κ2) is 14.1. The van der Waals surface area contributed by atoms with Crippen molar-refractivity contribution in [2.24, 2.45) is 5.11 Å². The van der Waals surface area contributed by atoms with Gasteiger partial charge in [-0.1, -0.05) is 96.1 Å². The van der Waals surface area contributed by atoms with Gasteiger partial charge in [-0.15, -0.1) is 0 Å². The highest BCUT2D eigenvalue weighted by atomic mass is 16.5. The number of aliphatic hydroxyl groups excluding tert-OH is 1. The van der Waals surface area contributed by atoms with Gasteiger partial charge in [0.15, 0.2) is 0 Å². The van der Waals surface area contributed by atoms with Gasteiger partial charge < -0.3 is 19.3 Å². The second-order valence-electron chi connectivity index (χ2n) is 7.55. The van der Waals surface area contributed by atoms with Gasteiger partial charge in [0.2, 0.25) is 0 Å². The molecule has 0 aliphatic heterocycles. The average molecular weight is 448 g/mol. The van der Waals surface area contributed by atoms with E-state index in [4.69, 9.17) is 14.2 Å². The van der Waals surface area contributed by atoms with E-state index in [0.717, 1.165) is 16.7 Å². The van der Waals surface area contributed by atoms with Crippen molar-refractivity contribution >= 4 is 0 Å². The van der Waals surface area contributed by atoms with Crippen LogP contribution in [0.15, 0.2) is 96.1 Å². The van der Waals surface area contributed by atoms with Crippen LogP contribution in [0.3, 0.4) is 0 Å². The Balaban J connectivity index is 1.71. The highest BCUT2D eigenvalue weighted by molar-refractivity contribution is 5.15. The number of aliphatic hydroxyl groups is 1. The van der Waals surface area contributed by atoms with E-state index in [2.05, 4.69) is 10.0 Å². The zero-order valence-corrected chi connectivity index (χ0v) is 18.4. The van der Waals surface area contributed by atoms with Gasteiger partial charge in [-0.05, 0) is 22.2 Å². The van der Waals surface area contributed by atoms with Crippen molar-refractivity contribution in [2.75, 3.05) is 13.2 Å². The summed E-state index contributed by atoms with van der Waals surface area (Å²) in [5.74, 6) is 0. The number of hydrogen-bond acceptors (Lipinski definition) is 5. The Labute approximate surface area is 194 Å². The van der Waals surface area contributed by atoms with Crippen LogP contribution < -0.4 is 0 Å². The van der Waals surface area contributed by atoms with Crippen molar-refractivity contribution in [3.63, 3.8) is 0 Å². The van der Waals surface area contributed by atoms with Crippen LogP contribution in [-0.4, -0.2) is 36.6 Å². The monoisotopic (exact) mass is 447 g/mol. The molecule has 0 heterocycles. The fourth-order valence-corrected chi connectivity index (χ4v) is 3.39. The van der Waals surface area contributed by atoms with E-state index >= 15 is 0 Å². The summed E-state index contributed by atoms with van der Waals surface area (Å²) in [6.07, 6.45) is -1.41. The maximum Gasteiger partial charge on any atom is 0.108 e. The summed E-state index contributed by atoms with van der Waals surface area (Å²) in [6.45, 7) is 0.794. The van der Waals surface area contributed by atoms with Gasteiger partial charge in [0, 0.05) is 4.91 Å². The largest absolute Gasteiger partial charge is 0.394 e. The van der Waals surface area contributed by atoms with Crippen molar-refractivity contribution < 1.29 is 19.3 Å². The molecule has 3 rings (SSSR count). The first-order valence-electron chi connectivity index (χ1n) is 10.9. The van der Waals surface area contributed by atoms with Gasteiger partial charge in [0.05, 0.1) is 45.2 Å². The Morgan fingerprint density at radius 2 is 1.21 bits per heavy atom. The molecule has 0 saturated heterocycles. The molecule has 3 atom stereocenters. The van der Waals surface area contributed by atoms with Gasteiger partial charge in [0.1, 0.15) is 6.10 Å². The van der Waals surface area contributed by atoms with Gasteiger partial charge >= 0.3 is 0 Å². The molecule has 0 unspecified atom stereocenters. The number of azide groups is 1. The molecule has 0 radical (unpaired) electrons. The Morgan fingerprint density at radius 1 is 0.727 bits per heavy atom. The number of hydrogen-bond donors (Lipinski definition) is 1. The van der Waals surface area contributed by atoms with Crippen molar-refractivity contribution in [3.05, 3.63) is 118 Å². The minimum absolute atomic E-state index is 0.129. The SMILES string of the molecule is [N-]=[N+]=N[C@@H](COCc1ccccc1)[C@H](OCc1ccccc1)[C@H](CO)OCc1ccccc1. The van der Waals surface area contributed by atoms with Crippen molar-refractivity contribution in [2.45, 2.75) is 38.1 Å². The average Bonchev–Trinajstić information content (AvgIpc) is 2.87. The van der Waals surface area contributed by atoms with E-state index in [1.807, 2.05) is 91.0 Å². The van der Waals surface area contributed by atoms with E-state index in [-0.39, 0.29) is 19.8 Å². The third-order valence-corrected chi connectivity index (χ3v) is 5.12. The summed E-state index contributed by atoms with van der Waals surface area (Å²) in [5, 5.41) is 14.0. The lowest BCUT2D eigenvalue weighted by Gasteiger charge is -2.30. The summed E-state index contributed by atoms with van der Waals surface area (Å²) < 4.78 is 18.0. The second-order valence-corrected chi connectivity index (χ2v) is 7.55. The predicted octanol–water partition coefficient (Wildman–Crippen LogP) is 5.05. The highest BCUT2D eigenvalue weighted by Crippen LogP contribution is 2.18. The molecule has 0 saturated carbocycles. The van der Waals surface area contributed by atoms with Gasteiger partial charge in [-0.2, -0.15) is 0 Å². The Morgan fingerprint density at radius 3 is 1.70 bits per heavy atom. The van der Waals surface area contributed by atoms with E-state index in [1.165, 1.54) is 0 Å². The van der Waals surface area contributed by atoms with Crippen LogP contribution >= 0.6 is 0 Å². The molecule has 172 valence electrons. The van der Waals surface area contributed by atoms with Crippen molar-refractivity contribution in [3.8, 4) is 0 Å². The summed E-state index contributed by atoms with van der Waals surface area (Å²) in [7, 11) is 0. The quantitative estimate of drug-likeness (QED) is 0.213. The first kappa shape index (κ1) is 24.5. The van der Waals surface area contributed by atoms with Crippen molar-refractivity contribution in [1.82, 2.24) is 0 Å². The molecule has 0 fully saturated rings. The predicted molar refractivity (Wildman–Crippen MR) is 126 cm³/mol. The zero-order valence-electron chi connectivity index (χ0n) is 18.4. The summed E-state index contributed by atoms with van der Waals surface area (Å²) in [6, 6.07) is 28.4. The summed E-state index contributed by atoms with van der Waals surface area (Å²) in [5.41, 5.74) is 12.1. The number of nitrogens with zero attached hydrogens (tertiary/aromatic N) is 3. The topological polar surface area (TPSA) is 96.7 Å². The molecule has 3 aromatic rings. The maximum atomic E-state index is 10.1. The van der Waals surface area contributed by atoms with Crippen LogP contribution in [0, 0.1) is 0 Å². The fraction of sp³-hybridized carbons (Fsp3) is 0.308. The molecule has 0 aromatic heterocycles. The van der Waals surface area contributed by atoms with Gasteiger partial charge in [-0.3, -0.25) is 0 Å². The molecule has 1 N–H and O–H groups in total. The number of ether oxygens (including phenoxy) is 3. The number of benzene rings is 3. The van der Waals surface area contributed by atoms with E-state index in [0.29, 0.717) is 13.2 Å². The van der Waals surface area contributed by atoms with Crippen LogP contribution in [0.2, 0.25) is 0 Å². The Bertz CT molecular complexity index is 967. The smallest absolute Gasteiger partial charge is 0.108 e. The van der Waals surface area contributed by atoms with E-state index in [1.54, 1.807) is 0 Å². The third kappa shape index (κ3) is 8.35. The minimum Gasteiger partial charge on any atom is -0.394 e. The first-order chi connectivity index (χ1) is 16.3. The standard InChI is InChI=1S/C26H29N3O4/c27-29-28-24(20-31-17-21-10-4-1-5-11-21)26(33-19-23-14-8-3-9-15-23)25(16-30)32-18-22-12-6-2-7-13-22/h1-15,24-26,30H,16-20H2/t24-,25-,26-/m0/s1. The lowest BCUT2D eigenvalue weighted by atomic mass is 10.1. The Hall–Kier alpha value is -3.19. The molecule has 3 aromatic carbocycles. The van der Waals surface area contributed by atoms with Gasteiger partial charge in [-0.25, -0.2) is 0 Å². The molecule has 0 aliphatic carbocycles. The molecule has 0 spiro atoms. The van der Waals surface area contributed by atoms with Crippen LogP contribution in [0.1, 0.15) is 16.7 Å². The lowest BCUT2D eigenvalue weighted by Crippen LogP contribution is -2.44. The van der Waals surface area contributed by atoms with E-state index in [9.17, 15) is 10.6 Å². The summed E-state index contributed by atoms with van der Waals surface area (Å²) in [4.78, 5) is 3.00. The van der Waals surface area contributed by atoms with Crippen LogP contribution in [0.25, 0.3) is 10.4 Å². The normalized spacial score (nSPS) is 13.6. The van der Waals surface area contributed by atoms with Crippen molar-refractivity contribution in [1.29, 1.82) is 0 Å². The first-order valence-corrected chi connectivity index (χ1v) is 10.9. The zero-order chi connectivity index (χ0) is 23.1. The molecular weight excluding hydrogens is 418 g/mol. The molecule has 0 aliphatic rings. The molecule has 33 heavy (non-hydrogen) atoms. The van der Waals surface area contributed by atoms with Crippen LogP contribution in [-0.2, 0) is 34.0 Å². The molecular formula is C26H29N3O4. The van der Waals surface area contributed by atoms with Crippen LogP contribution in [0.5, 0.6) is 0 Å². The highest BCUT2D eigenvalue weighted by Gasteiger charge is 2.31. The maximum absolute atomic E-state index is 10.1. The van der Waals surface area contributed by atoms with E-state index < -0.39 is 18.2 Å². The van der Waals surface area contributed by atoms with Crippen LogP contribution in [0.4, 0.5) is 0 Å². The molecule has 0 amide bonds. The third-order valence-electron chi connectivity index (χ3n) is 5.12. The molecule has 0 bridgehead atoms. The summed E-state index contributed by atoms with van der Waals surface area (Å²) >= 11 is 0. The fourth-order valence-electron chi connectivity index (χ4n) is 3.39. The van der Waals surface area contributed by atoms with Gasteiger partial charge in [0.25, 0.3) is 0 Å². The molecule has 7 heteroatoms. The molecule has 7 nitrogen and oxygen atoms in total. The lowest BCUT2D eigenvalue weighted by molar-refractivity contribution is -0.120. The Kier molecular flexibility index (Phi) is 10.4. The number of rotatable bonds is 14.